The average Bonchev–Trinajstić information content (AvgIpc) is 2.26. The van der Waals surface area contributed by atoms with Crippen LogP contribution in [0.25, 0.3) is 0 Å². The quantitative estimate of drug-likeness (QED) is 0.838. The molecule has 3 heteroatoms. The molecule has 3 nitrogen and oxygen atoms in total. The third kappa shape index (κ3) is 3.66. The molecule has 0 aromatic heterocycles. The molecule has 1 amide bonds. The predicted molar refractivity (Wildman–Crippen MR) is 66.3 cm³/mol. The van der Waals surface area contributed by atoms with Gasteiger partial charge in [-0.25, -0.2) is 0 Å². The van der Waals surface area contributed by atoms with E-state index < -0.39 is 0 Å². The molecule has 88 valence electrons. The Bertz CT molecular complexity index is 343. The average molecular weight is 220 g/mol. The fraction of sp³-hybridized carbons (Fsp3) is 0.462. The van der Waals surface area contributed by atoms with Crippen molar-refractivity contribution in [2.45, 2.75) is 19.9 Å². The van der Waals surface area contributed by atoms with Gasteiger partial charge in [0.05, 0.1) is 6.54 Å². The maximum absolute atomic E-state index is 11.4. The van der Waals surface area contributed by atoms with Gasteiger partial charge in [0.15, 0.2) is 0 Å². The summed E-state index contributed by atoms with van der Waals surface area (Å²) < 4.78 is 0. The molecule has 0 saturated heterocycles. The fourth-order valence-corrected chi connectivity index (χ4v) is 1.37. The van der Waals surface area contributed by atoms with E-state index in [1.54, 1.807) is 19.0 Å². The van der Waals surface area contributed by atoms with Gasteiger partial charge in [0.25, 0.3) is 0 Å². The number of hydrogen-bond donors (Lipinski definition) is 1. The maximum atomic E-state index is 11.4. The standard InChI is InChI=1S/C13H20N2O/c1-10-5-7-12(8-6-10)11(2)14-9-13(16)15(3)4/h5-8,11,14H,9H2,1-4H3/t11-/m1/s1. The molecule has 0 fully saturated rings. The van der Waals surface area contributed by atoms with E-state index in [0.29, 0.717) is 6.54 Å². The molecule has 0 radical (unpaired) electrons. The van der Waals surface area contributed by atoms with E-state index >= 15 is 0 Å². The molecule has 0 bridgehead atoms. The summed E-state index contributed by atoms with van der Waals surface area (Å²) in [5.74, 6) is 0.0963. The lowest BCUT2D eigenvalue weighted by molar-refractivity contribution is -0.127. The highest BCUT2D eigenvalue weighted by Crippen LogP contribution is 2.12. The molecule has 0 unspecified atom stereocenters. The van der Waals surface area contributed by atoms with Crippen LogP contribution < -0.4 is 5.32 Å². The number of hydrogen-bond acceptors (Lipinski definition) is 2. The zero-order valence-electron chi connectivity index (χ0n) is 10.4. The largest absolute Gasteiger partial charge is 0.348 e. The molecule has 0 aliphatic rings. The van der Waals surface area contributed by atoms with Crippen molar-refractivity contribution in [2.75, 3.05) is 20.6 Å². The smallest absolute Gasteiger partial charge is 0.236 e. The van der Waals surface area contributed by atoms with Crippen molar-refractivity contribution < 1.29 is 4.79 Å². The fourth-order valence-electron chi connectivity index (χ4n) is 1.37. The van der Waals surface area contributed by atoms with Crippen molar-refractivity contribution in [1.82, 2.24) is 10.2 Å². The Morgan fingerprint density at radius 3 is 2.38 bits per heavy atom. The SMILES string of the molecule is Cc1ccc([C@@H](C)NCC(=O)N(C)C)cc1. The van der Waals surface area contributed by atoms with E-state index in [1.807, 2.05) is 0 Å². The molecule has 1 aromatic rings. The van der Waals surface area contributed by atoms with E-state index in [-0.39, 0.29) is 11.9 Å². The first-order chi connectivity index (χ1) is 7.50. The lowest BCUT2D eigenvalue weighted by Gasteiger charge is -2.16. The van der Waals surface area contributed by atoms with Crippen LogP contribution in [0.2, 0.25) is 0 Å². The molecule has 1 rings (SSSR count). The van der Waals surface area contributed by atoms with Crippen LogP contribution in [0, 0.1) is 6.92 Å². The number of aryl methyl sites for hydroxylation is 1. The molecule has 1 N–H and O–H groups in total. The highest BCUT2D eigenvalue weighted by Gasteiger charge is 2.08. The molecule has 0 heterocycles. The highest BCUT2D eigenvalue weighted by molar-refractivity contribution is 5.77. The summed E-state index contributed by atoms with van der Waals surface area (Å²) in [5, 5.41) is 3.21. The van der Waals surface area contributed by atoms with E-state index in [4.69, 9.17) is 0 Å². The first-order valence-electron chi connectivity index (χ1n) is 5.51. The minimum Gasteiger partial charge on any atom is -0.348 e. The van der Waals surface area contributed by atoms with Gasteiger partial charge in [-0.15, -0.1) is 0 Å². The van der Waals surface area contributed by atoms with E-state index in [2.05, 4.69) is 43.4 Å². The second kappa shape index (κ2) is 5.66. The van der Waals surface area contributed by atoms with Crippen LogP contribution in [0.1, 0.15) is 24.1 Å². The predicted octanol–water partition coefficient (Wildman–Crippen LogP) is 1.73. The van der Waals surface area contributed by atoms with Crippen LogP contribution in [0.4, 0.5) is 0 Å². The lowest BCUT2D eigenvalue weighted by atomic mass is 10.1. The minimum atomic E-state index is 0.0963. The number of carbonyl (C=O) groups is 1. The first-order valence-corrected chi connectivity index (χ1v) is 5.51. The summed E-state index contributed by atoms with van der Waals surface area (Å²) in [6, 6.07) is 8.55. The molecular weight excluding hydrogens is 200 g/mol. The van der Waals surface area contributed by atoms with Crippen molar-refractivity contribution in [3.05, 3.63) is 35.4 Å². The van der Waals surface area contributed by atoms with Crippen molar-refractivity contribution in [3.63, 3.8) is 0 Å². The molecule has 0 spiro atoms. The second-order valence-corrected chi connectivity index (χ2v) is 4.30. The summed E-state index contributed by atoms with van der Waals surface area (Å²) in [5.41, 5.74) is 2.46. The molecule has 16 heavy (non-hydrogen) atoms. The monoisotopic (exact) mass is 220 g/mol. The van der Waals surface area contributed by atoms with Crippen LogP contribution in [-0.4, -0.2) is 31.4 Å². The van der Waals surface area contributed by atoms with Gasteiger partial charge < -0.3 is 10.2 Å². The Morgan fingerprint density at radius 1 is 1.31 bits per heavy atom. The Labute approximate surface area is 97.5 Å². The molecular formula is C13H20N2O. The number of nitrogens with zero attached hydrogens (tertiary/aromatic N) is 1. The van der Waals surface area contributed by atoms with Crippen molar-refractivity contribution in [2.24, 2.45) is 0 Å². The maximum Gasteiger partial charge on any atom is 0.236 e. The van der Waals surface area contributed by atoms with Crippen LogP contribution in [0.3, 0.4) is 0 Å². The highest BCUT2D eigenvalue weighted by atomic mass is 16.2. The van der Waals surface area contributed by atoms with Gasteiger partial charge in [-0.1, -0.05) is 29.8 Å². The van der Waals surface area contributed by atoms with E-state index in [0.717, 1.165) is 0 Å². The van der Waals surface area contributed by atoms with Crippen LogP contribution in [0.15, 0.2) is 24.3 Å². The minimum absolute atomic E-state index is 0.0963. The molecule has 0 aliphatic heterocycles. The Balaban J connectivity index is 2.49. The number of amides is 1. The zero-order chi connectivity index (χ0) is 12.1. The van der Waals surface area contributed by atoms with Gasteiger partial charge in [-0.3, -0.25) is 4.79 Å². The van der Waals surface area contributed by atoms with Gasteiger partial charge in [-0.2, -0.15) is 0 Å². The summed E-state index contributed by atoms with van der Waals surface area (Å²) >= 11 is 0. The van der Waals surface area contributed by atoms with Gasteiger partial charge in [0.1, 0.15) is 0 Å². The van der Waals surface area contributed by atoms with Crippen LogP contribution in [-0.2, 0) is 4.79 Å². The van der Waals surface area contributed by atoms with Crippen LogP contribution in [0.5, 0.6) is 0 Å². The summed E-state index contributed by atoms with van der Waals surface area (Å²) in [4.78, 5) is 13.0. The number of benzene rings is 1. The normalized spacial score (nSPS) is 12.2. The molecule has 0 saturated carbocycles. The molecule has 0 aliphatic carbocycles. The summed E-state index contributed by atoms with van der Waals surface area (Å²) in [7, 11) is 3.53. The third-order valence-corrected chi connectivity index (χ3v) is 2.64. The second-order valence-electron chi connectivity index (χ2n) is 4.30. The molecule has 1 atom stereocenters. The first kappa shape index (κ1) is 12.7. The van der Waals surface area contributed by atoms with Gasteiger partial charge >= 0.3 is 0 Å². The van der Waals surface area contributed by atoms with Crippen molar-refractivity contribution in [3.8, 4) is 0 Å². The number of rotatable bonds is 4. The number of likely N-dealkylation sites (N-methyl/N-ethyl adjacent to an activating group) is 1. The van der Waals surface area contributed by atoms with Crippen LogP contribution >= 0.6 is 0 Å². The van der Waals surface area contributed by atoms with E-state index in [1.165, 1.54) is 11.1 Å². The van der Waals surface area contributed by atoms with Gasteiger partial charge in [0.2, 0.25) is 5.91 Å². The topological polar surface area (TPSA) is 32.3 Å². The Hall–Kier alpha value is -1.35. The lowest BCUT2D eigenvalue weighted by Crippen LogP contribution is -2.34. The summed E-state index contributed by atoms with van der Waals surface area (Å²) in [6.45, 7) is 4.51. The Kier molecular flexibility index (Phi) is 4.50. The zero-order valence-corrected chi connectivity index (χ0v) is 10.4. The number of carbonyl (C=O) groups excluding carboxylic acids is 1. The van der Waals surface area contributed by atoms with Gasteiger partial charge in [-0.05, 0) is 19.4 Å². The van der Waals surface area contributed by atoms with Gasteiger partial charge in [0, 0.05) is 20.1 Å². The van der Waals surface area contributed by atoms with E-state index in [9.17, 15) is 4.79 Å². The Morgan fingerprint density at radius 2 is 1.88 bits per heavy atom. The number of nitrogens with one attached hydrogen (secondary N) is 1. The summed E-state index contributed by atoms with van der Waals surface area (Å²) in [6.07, 6.45) is 0. The van der Waals surface area contributed by atoms with Crippen molar-refractivity contribution in [1.29, 1.82) is 0 Å². The third-order valence-electron chi connectivity index (χ3n) is 2.64. The van der Waals surface area contributed by atoms with Crippen molar-refractivity contribution >= 4 is 5.91 Å². The molecule has 1 aromatic carbocycles.